The molecule has 2 saturated heterocycles. The molecule has 0 atom stereocenters. The fourth-order valence-electron chi connectivity index (χ4n) is 4.91. The average Bonchev–Trinajstić information content (AvgIpc) is 3.26. The number of para-hydroxylation sites is 1. The Hall–Kier alpha value is -4.44. The highest BCUT2D eigenvalue weighted by atomic mass is 16.2. The molecule has 2 aromatic heterocycles. The van der Waals surface area contributed by atoms with Crippen LogP contribution in [0.25, 0.3) is 11.2 Å². The van der Waals surface area contributed by atoms with Crippen molar-refractivity contribution in [2.24, 2.45) is 0 Å². The first kappa shape index (κ1) is 23.9. The number of nitrogens with zero attached hydrogens (tertiary/aromatic N) is 7. The van der Waals surface area contributed by atoms with Crippen LogP contribution in [-0.4, -0.2) is 81.5 Å². The maximum atomic E-state index is 12.1. The topological polar surface area (TPSA) is 94.4 Å². The third kappa shape index (κ3) is 4.78. The molecule has 0 radical (unpaired) electrons. The summed E-state index contributed by atoms with van der Waals surface area (Å²) in [5.41, 5.74) is 4.47. The van der Waals surface area contributed by atoms with Crippen LogP contribution in [0.15, 0.2) is 73.4 Å². The molecule has 0 aliphatic carbocycles. The van der Waals surface area contributed by atoms with Gasteiger partial charge in [0.1, 0.15) is 5.52 Å². The van der Waals surface area contributed by atoms with Crippen LogP contribution in [-0.2, 0) is 4.79 Å². The third-order valence-electron chi connectivity index (χ3n) is 7.17. The Morgan fingerprint density at radius 2 is 1.66 bits per heavy atom. The summed E-state index contributed by atoms with van der Waals surface area (Å²) in [6.45, 7) is 8.95. The minimum atomic E-state index is -0.0692. The predicted octanol–water partition coefficient (Wildman–Crippen LogP) is 3.63. The van der Waals surface area contributed by atoms with Gasteiger partial charge in [-0.2, -0.15) is 4.98 Å². The second-order valence-corrected chi connectivity index (χ2v) is 9.76. The summed E-state index contributed by atoms with van der Waals surface area (Å²) >= 11 is 0. The van der Waals surface area contributed by atoms with Crippen LogP contribution < -0.4 is 15.5 Å². The molecule has 0 spiro atoms. The fraction of sp³-hybridized carbons (Fsp3) is 0.286. The summed E-state index contributed by atoms with van der Waals surface area (Å²) in [7, 11) is 2.16. The standard InChI is InChI=1S/C28H31N9O/c1-3-25(38)36-18-23(19-36)37-26-24(32-28(37)31-20-7-5-4-6-8-20)17-29-27(33-26)30-21-9-11-22(12-10-21)35-15-13-34(2)14-16-35/h3-12,17,23H,1,13-16,18-19H2,2H3,(H,31,32)(H,29,30,33). The first-order chi connectivity index (χ1) is 18.6. The number of anilines is 5. The lowest BCUT2D eigenvalue weighted by molar-refractivity contribution is -0.131. The normalized spacial score (nSPS) is 16.3. The van der Waals surface area contributed by atoms with E-state index in [0.717, 1.165) is 37.6 Å². The van der Waals surface area contributed by atoms with Crippen LogP contribution in [0.3, 0.4) is 0 Å². The van der Waals surface area contributed by atoms with E-state index in [-0.39, 0.29) is 11.9 Å². The van der Waals surface area contributed by atoms with E-state index in [0.29, 0.717) is 36.2 Å². The number of carbonyl (C=O) groups excluding carboxylic acids is 1. The van der Waals surface area contributed by atoms with Gasteiger partial charge in [-0.15, -0.1) is 0 Å². The average molecular weight is 510 g/mol. The molecule has 2 aliphatic rings. The SMILES string of the molecule is C=CC(=O)N1CC(n2c(Nc3ccccc3)nc3cnc(Nc4ccc(N5CCN(C)CC5)cc4)nc32)C1. The largest absolute Gasteiger partial charge is 0.369 e. The van der Waals surface area contributed by atoms with Crippen molar-refractivity contribution < 1.29 is 4.79 Å². The van der Waals surface area contributed by atoms with Gasteiger partial charge >= 0.3 is 0 Å². The minimum Gasteiger partial charge on any atom is -0.369 e. The van der Waals surface area contributed by atoms with Crippen LogP contribution in [0, 0.1) is 0 Å². The highest BCUT2D eigenvalue weighted by Crippen LogP contribution is 2.32. The van der Waals surface area contributed by atoms with Crippen molar-refractivity contribution in [2.75, 3.05) is 61.8 Å². The number of nitrogens with one attached hydrogen (secondary N) is 2. The molecular weight excluding hydrogens is 478 g/mol. The number of fused-ring (bicyclic) bond motifs is 1. The van der Waals surface area contributed by atoms with Crippen molar-refractivity contribution in [3.8, 4) is 0 Å². The van der Waals surface area contributed by atoms with Gasteiger partial charge in [-0.1, -0.05) is 24.8 Å². The molecule has 38 heavy (non-hydrogen) atoms. The summed E-state index contributed by atoms with van der Waals surface area (Å²) < 4.78 is 2.07. The summed E-state index contributed by atoms with van der Waals surface area (Å²) in [6, 6.07) is 18.3. The van der Waals surface area contributed by atoms with E-state index in [4.69, 9.17) is 9.97 Å². The highest BCUT2D eigenvalue weighted by Gasteiger charge is 2.34. The van der Waals surface area contributed by atoms with Crippen molar-refractivity contribution in [3.05, 3.63) is 73.4 Å². The number of amides is 1. The number of benzene rings is 2. The van der Waals surface area contributed by atoms with Gasteiger partial charge in [0.05, 0.1) is 12.2 Å². The lowest BCUT2D eigenvalue weighted by Gasteiger charge is -2.39. The van der Waals surface area contributed by atoms with Crippen molar-refractivity contribution in [1.29, 1.82) is 0 Å². The molecule has 0 bridgehead atoms. The molecule has 0 unspecified atom stereocenters. The maximum absolute atomic E-state index is 12.1. The molecule has 4 heterocycles. The number of hydrogen-bond donors (Lipinski definition) is 2. The van der Waals surface area contributed by atoms with Gasteiger partial charge in [0.15, 0.2) is 5.65 Å². The number of rotatable bonds is 7. The molecule has 4 aromatic rings. The molecule has 2 aromatic carbocycles. The molecule has 2 aliphatic heterocycles. The van der Waals surface area contributed by atoms with Crippen LogP contribution in [0.5, 0.6) is 0 Å². The van der Waals surface area contributed by atoms with Crippen molar-refractivity contribution in [1.82, 2.24) is 29.3 Å². The summed E-state index contributed by atoms with van der Waals surface area (Å²) in [5.74, 6) is 1.10. The van der Waals surface area contributed by atoms with Gasteiger partial charge in [0, 0.05) is 56.3 Å². The number of likely N-dealkylation sites (N-methyl/N-ethyl adjacent to an activating group) is 1. The second-order valence-electron chi connectivity index (χ2n) is 9.76. The minimum absolute atomic E-state index is 0.0423. The van der Waals surface area contributed by atoms with E-state index in [1.807, 2.05) is 30.3 Å². The lowest BCUT2D eigenvalue weighted by Crippen LogP contribution is -2.50. The zero-order chi connectivity index (χ0) is 26.1. The number of aromatic nitrogens is 4. The highest BCUT2D eigenvalue weighted by molar-refractivity contribution is 5.88. The van der Waals surface area contributed by atoms with Gasteiger partial charge in [0.2, 0.25) is 17.8 Å². The number of imidazole rings is 1. The van der Waals surface area contributed by atoms with Crippen LogP contribution in [0.4, 0.5) is 29.0 Å². The number of hydrogen-bond acceptors (Lipinski definition) is 8. The van der Waals surface area contributed by atoms with Gasteiger partial charge in [-0.05, 0) is 49.5 Å². The molecule has 0 saturated carbocycles. The Labute approximate surface area is 221 Å². The van der Waals surface area contributed by atoms with E-state index in [2.05, 4.69) is 67.9 Å². The predicted molar refractivity (Wildman–Crippen MR) is 150 cm³/mol. The molecule has 2 fully saturated rings. The Bertz CT molecular complexity index is 1440. The Balaban J connectivity index is 1.26. The van der Waals surface area contributed by atoms with Gasteiger partial charge in [0.25, 0.3) is 0 Å². The van der Waals surface area contributed by atoms with Crippen molar-refractivity contribution >= 4 is 46.0 Å². The van der Waals surface area contributed by atoms with Gasteiger partial charge < -0.3 is 25.3 Å². The first-order valence-corrected chi connectivity index (χ1v) is 12.9. The number of likely N-dealkylation sites (tertiary alicyclic amines) is 1. The van der Waals surface area contributed by atoms with E-state index in [1.54, 1.807) is 11.1 Å². The van der Waals surface area contributed by atoms with E-state index < -0.39 is 0 Å². The zero-order valence-corrected chi connectivity index (χ0v) is 21.4. The number of piperazine rings is 1. The molecular formula is C28H31N9O. The Morgan fingerprint density at radius 1 is 0.947 bits per heavy atom. The van der Waals surface area contributed by atoms with Gasteiger partial charge in [-0.25, -0.2) is 9.97 Å². The molecule has 194 valence electrons. The lowest BCUT2D eigenvalue weighted by atomic mass is 10.1. The molecule has 2 N–H and O–H groups in total. The summed E-state index contributed by atoms with van der Waals surface area (Å²) in [6.07, 6.45) is 3.09. The fourth-order valence-corrected chi connectivity index (χ4v) is 4.91. The van der Waals surface area contributed by atoms with Crippen LogP contribution in [0.2, 0.25) is 0 Å². The Morgan fingerprint density at radius 3 is 2.37 bits per heavy atom. The zero-order valence-electron chi connectivity index (χ0n) is 21.4. The van der Waals surface area contributed by atoms with E-state index in [9.17, 15) is 4.79 Å². The van der Waals surface area contributed by atoms with E-state index in [1.165, 1.54) is 11.8 Å². The van der Waals surface area contributed by atoms with E-state index >= 15 is 0 Å². The quantitative estimate of drug-likeness (QED) is 0.365. The molecule has 1 amide bonds. The Kier molecular flexibility index (Phi) is 6.38. The maximum Gasteiger partial charge on any atom is 0.246 e. The van der Waals surface area contributed by atoms with Crippen molar-refractivity contribution in [3.63, 3.8) is 0 Å². The molecule has 10 heteroatoms. The second kappa shape index (κ2) is 10.1. The summed E-state index contributed by atoms with van der Waals surface area (Å²) in [5, 5.41) is 6.75. The molecule has 10 nitrogen and oxygen atoms in total. The summed E-state index contributed by atoms with van der Waals surface area (Å²) in [4.78, 5) is 32.7. The smallest absolute Gasteiger partial charge is 0.246 e. The van der Waals surface area contributed by atoms with Gasteiger partial charge in [-0.3, -0.25) is 9.36 Å². The monoisotopic (exact) mass is 509 g/mol. The van der Waals surface area contributed by atoms with Crippen LogP contribution in [0.1, 0.15) is 6.04 Å². The number of carbonyl (C=O) groups is 1. The first-order valence-electron chi connectivity index (χ1n) is 12.9. The van der Waals surface area contributed by atoms with Crippen LogP contribution >= 0.6 is 0 Å². The molecule has 6 rings (SSSR count). The van der Waals surface area contributed by atoms with Crippen molar-refractivity contribution in [2.45, 2.75) is 6.04 Å². The third-order valence-corrected chi connectivity index (χ3v) is 7.17.